The largest absolute Gasteiger partial charge is 0.352 e. The van der Waals surface area contributed by atoms with Gasteiger partial charge in [0.05, 0.1) is 18.0 Å². The minimum Gasteiger partial charge on any atom is -0.352 e. The van der Waals surface area contributed by atoms with Gasteiger partial charge in [0.25, 0.3) is 0 Å². The summed E-state index contributed by atoms with van der Waals surface area (Å²) < 4.78 is 0. The zero-order valence-corrected chi connectivity index (χ0v) is 10.2. The molecule has 3 heteroatoms. The number of hydrogen-bond acceptors (Lipinski definition) is 1. The van der Waals surface area contributed by atoms with Crippen molar-refractivity contribution >= 4 is 11.3 Å². The Balaban J connectivity index is 2.04. The molecule has 0 aliphatic carbocycles. The highest BCUT2D eigenvalue weighted by molar-refractivity contribution is 7.10. The molecular formula is C12H22N2S+2. The SMILES string of the molecule is [NH3+]C[C@@H](c1cccs1)[NH+]1CCCCCC1. The van der Waals surface area contributed by atoms with E-state index in [1.807, 2.05) is 11.3 Å². The summed E-state index contributed by atoms with van der Waals surface area (Å²) >= 11 is 1.90. The average molecular weight is 226 g/mol. The Bertz CT molecular complexity index is 263. The molecule has 1 saturated heterocycles. The molecule has 15 heavy (non-hydrogen) atoms. The van der Waals surface area contributed by atoms with Crippen molar-refractivity contribution in [3.05, 3.63) is 22.4 Å². The van der Waals surface area contributed by atoms with Gasteiger partial charge >= 0.3 is 0 Å². The summed E-state index contributed by atoms with van der Waals surface area (Å²) in [5.74, 6) is 0. The molecule has 0 radical (unpaired) electrons. The first-order valence-corrected chi connectivity index (χ1v) is 6.97. The molecule has 1 aromatic heterocycles. The minimum absolute atomic E-state index is 0.656. The molecule has 1 aliphatic heterocycles. The van der Waals surface area contributed by atoms with Crippen LogP contribution in [0.25, 0.3) is 0 Å². The van der Waals surface area contributed by atoms with Crippen LogP contribution in [-0.4, -0.2) is 19.6 Å². The third-order valence-corrected chi connectivity index (χ3v) is 4.40. The molecule has 0 bridgehead atoms. The fraction of sp³-hybridized carbons (Fsp3) is 0.667. The smallest absolute Gasteiger partial charge is 0.172 e. The van der Waals surface area contributed by atoms with Crippen LogP contribution in [0.3, 0.4) is 0 Å². The first-order valence-electron chi connectivity index (χ1n) is 6.09. The van der Waals surface area contributed by atoms with Crippen LogP contribution in [0.15, 0.2) is 17.5 Å². The van der Waals surface area contributed by atoms with Gasteiger partial charge < -0.3 is 10.6 Å². The van der Waals surface area contributed by atoms with Crippen LogP contribution < -0.4 is 10.6 Å². The summed E-state index contributed by atoms with van der Waals surface area (Å²) in [5, 5.41) is 2.19. The van der Waals surface area contributed by atoms with E-state index in [9.17, 15) is 0 Å². The van der Waals surface area contributed by atoms with Crippen LogP contribution in [0.2, 0.25) is 0 Å². The van der Waals surface area contributed by atoms with Gasteiger partial charge in [-0.05, 0) is 37.1 Å². The van der Waals surface area contributed by atoms with Crippen LogP contribution in [0, 0.1) is 0 Å². The molecule has 2 nitrogen and oxygen atoms in total. The van der Waals surface area contributed by atoms with E-state index >= 15 is 0 Å². The van der Waals surface area contributed by atoms with E-state index in [0.29, 0.717) is 6.04 Å². The molecule has 84 valence electrons. The Morgan fingerprint density at radius 1 is 1.27 bits per heavy atom. The maximum absolute atomic E-state index is 4.13. The van der Waals surface area contributed by atoms with Crippen LogP contribution in [0.4, 0.5) is 0 Å². The molecule has 1 fully saturated rings. The zero-order chi connectivity index (χ0) is 10.5. The number of likely N-dealkylation sites (tertiary alicyclic amines) is 1. The maximum atomic E-state index is 4.13. The maximum Gasteiger partial charge on any atom is 0.172 e. The highest BCUT2D eigenvalue weighted by atomic mass is 32.1. The number of thiophene rings is 1. The molecule has 1 atom stereocenters. The van der Waals surface area contributed by atoms with Crippen LogP contribution in [0.1, 0.15) is 36.6 Å². The lowest BCUT2D eigenvalue weighted by molar-refractivity contribution is -0.936. The molecule has 2 rings (SSSR count). The second kappa shape index (κ2) is 5.64. The van der Waals surface area contributed by atoms with Gasteiger partial charge in [-0.3, -0.25) is 0 Å². The van der Waals surface area contributed by atoms with Crippen molar-refractivity contribution < 1.29 is 10.6 Å². The summed E-state index contributed by atoms with van der Waals surface area (Å²) in [6.45, 7) is 3.73. The first-order chi connectivity index (χ1) is 7.42. The number of quaternary nitrogens is 2. The Labute approximate surface area is 96.1 Å². The predicted molar refractivity (Wildman–Crippen MR) is 64.0 cm³/mol. The fourth-order valence-electron chi connectivity index (χ4n) is 2.57. The van der Waals surface area contributed by atoms with Gasteiger partial charge in [-0.15, -0.1) is 11.3 Å². The van der Waals surface area contributed by atoms with Crippen molar-refractivity contribution in [2.75, 3.05) is 19.6 Å². The van der Waals surface area contributed by atoms with Gasteiger partial charge in [-0.1, -0.05) is 6.07 Å². The van der Waals surface area contributed by atoms with E-state index in [-0.39, 0.29) is 0 Å². The van der Waals surface area contributed by atoms with Crippen LogP contribution >= 0.6 is 11.3 Å². The Morgan fingerprint density at radius 3 is 2.53 bits per heavy atom. The molecule has 1 aromatic rings. The third-order valence-electron chi connectivity index (χ3n) is 3.41. The summed E-state index contributed by atoms with van der Waals surface area (Å²) in [5.41, 5.74) is 4.13. The van der Waals surface area contributed by atoms with E-state index < -0.39 is 0 Å². The third kappa shape index (κ3) is 2.80. The summed E-state index contributed by atoms with van der Waals surface area (Å²) in [7, 11) is 0. The van der Waals surface area contributed by atoms with Crippen molar-refractivity contribution in [1.29, 1.82) is 0 Å². The van der Waals surface area contributed by atoms with Crippen molar-refractivity contribution in [3.63, 3.8) is 0 Å². The molecular weight excluding hydrogens is 204 g/mol. The summed E-state index contributed by atoms with van der Waals surface area (Å²) in [6.07, 6.45) is 5.66. The van der Waals surface area contributed by atoms with Gasteiger partial charge in [-0.25, -0.2) is 0 Å². The normalized spacial score (nSPS) is 21.1. The molecule has 1 aliphatic rings. The molecule has 4 N–H and O–H groups in total. The molecule has 0 spiro atoms. The fourth-order valence-corrected chi connectivity index (χ4v) is 3.49. The molecule has 0 unspecified atom stereocenters. The second-order valence-corrected chi connectivity index (χ2v) is 5.41. The highest BCUT2D eigenvalue weighted by Crippen LogP contribution is 2.15. The highest BCUT2D eigenvalue weighted by Gasteiger charge is 2.25. The Hall–Kier alpha value is -0.380. The predicted octanol–water partition coefficient (Wildman–Crippen LogP) is 0.490. The second-order valence-electron chi connectivity index (χ2n) is 4.43. The molecule has 0 saturated carbocycles. The van der Waals surface area contributed by atoms with Gasteiger partial charge in [0.1, 0.15) is 6.54 Å². The quantitative estimate of drug-likeness (QED) is 0.752. The summed E-state index contributed by atoms with van der Waals surface area (Å²) in [4.78, 5) is 3.30. The Kier molecular flexibility index (Phi) is 4.18. The number of hydrogen-bond donors (Lipinski definition) is 2. The number of rotatable bonds is 3. The number of nitrogens with one attached hydrogen (secondary N) is 1. The molecule has 0 aromatic carbocycles. The van der Waals surface area contributed by atoms with Crippen LogP contribution in [-0.2, 0) is 0 Å². The van der Waals surface area contributed by atoms with Crippen molar-refractivity contribution in [2.45, 2.75) is 31.7 Å². The Morgan fingerprint density at radius 2 is 2.00 bits per heavy atom. The first kappa shape index (κ1) is 11.1. The lowest BCUT2D eigenvalue weighted by Gasteiger charge is -2.24. The van der Waals surface area contributed by atoms with Crippen molar-refractivity contribution in [1.82, 2.24) is 0 Å². The van der Waals surface area contributed by atoms with Gasteiger partial charge in [0.15, 0.2) is 6.04 Å². The van der Waals surface area contributed by atoms with Crippen molar-refractivity contribution in [3.8, 4) is 0 Å². The van der Waals surface area contributed by atoms with E-state index in [0.717, 1.165) is 6.54 Å². The molecule has 2 heterocycles. The topological polar surface area (TPSA) is 32.1 Å². The molecule has 0 amide bonds. The van der Waals surface area contributed by atoms with Crippen molar-refractivity contribution in [2.24, 2.45) is 0 Å². The van der Waals surface area contributed by atoms with E-state index in [2.05, 4.69) is 23.2 Å². The van der Waals surface area contributed by atoms with Gasteiger partial charge in [0, 0.05) is 0 Å². The minimum atomic E-state index is 0.656. The van der Waals surface area contributed by atoms with Crippen LogP contribution in [0.5, 0.6) is 0 Å². The average Bonchev–Trinajstić information content (AvgIpc) is 2.63. The lowest BCUT2D eigenvalue weighted by Crippen LogP contribution is -3.13. The van der Waals surface area contributed by atoms with E-state index in [1.165, 1.54) is 43.6 Å². The standard InChI is InChI=1S/C12H20N2S/c13-10-11(12-6-5-9-15-12)14-7-3-1-2-4-8-14/h5-6,9,11H,1-4,7-8,10,13H2/p+2/t11-/m0/s1. The van der Waals surface area contributed by atoms with Gasteiger partial charge in [0.2, 0.25) is 0 Å². The van der Waals surface area contributed by atoms with Gasteiger partial charge in [-0.2, -0.15) is 0 Å². The summed E-state index contributed by atoms with van der Waals surface area (Å²) in [6, 6.07) is 5.10. The lowest BCUT2D eigenvalue weighted by atomic mass is 10.2. The van der Waals surface area contributed by atoms with E-state index in [4.69, 9.17) is 0 Å². The zero-order valence-electron chi connectivity index (χ0n) is 9.37. The van der Waals surface area contributed by atoms with E-state index in [1.54, 1.807) is 4.90 Å². The monoisotopic (exact) mass is 226 g/mol.